The van der Waals surface area contributed by atoms with Crippen molar-refractivity contribution in [3.05, 3.63) is 60.2 Å². The highest BCUT2D eigenvalue weighted by Crippen LogP contribution is 2.26. The average Bonchev–Trinajstić information content (AvgIpc) is 2.54. The SMILES string of the molecule is COc1ccc2cc(C(=O)O)c(Nc3ccccc3)nc2c1. The molecule has 0 saturated heterocycles. The summed E-state index contributed by atoms with van der Waals surface area (Å²) in [7, 11) is 1.58. The fourth-order valence-corrected chi connectivity index (χ4v) is 2.19. The number of carbonyl (C=O) groups is 1. The van der Waals surface area contributed by atoms with E-state index in [0.717, 1.165) is 11.1 Å². The lowest BCUT2D eigenvalue weighted by atomic mass is 10.1. The number of carboxylic acid groups (broad SMARTS) is 1. The number of methoxy groups -OCH3 is 1. The minimum absolute atomic E-state index is 0.126. The highest BCUT2D eigenvalue weighted by atomic mass is 16.5. The number of hydrogen-bond acceptors (Lipinski definition) is 4. The van der Waals surface area contributed by atoms with Crippen molar-refractivity contribution in [1.82, 2.24) is 4.98 Å². The third-order valence-electron chi connectivity index (χ3n) is 3.29. The molecule has 2 aromatic carbocycles. The molecule has 0 spiro atoms. The minimum atomic E-state index is -1.02. The molecule has 22 heavy (non-hydrogen) atoms. The van der Waals surface area contributed by atoms with Crippen LogP contribution in [-0.2, 0) is 0 Å². The fraction of sp³-hybridized carbons (Fsp3) is 0.0588. The standard InChI is InChI=1S/C17H14N2O3/c1-22-13-8-7-11-9-14(17(20)21)16(19-15(11)10-13)18-12-5-3-2-4-6-12/h2-10H,1H3,(H,18,19)(H,20,21). The Hall–Kier alpha value is -3.08. The van der Waals surface area contributed by atoms with Gasteiger partial charge in [-0.15, -0.1) is 0 Å². The Bertz CT molecular complexity index is 832. The number of pyridine rings is 1. The lowest BCUT2D eigenvalue weighted by molar-refractivity contribution is 0.0698. The molecule has 1 aromatic heterocycles. The van der Waals surface area contributed by atoms with Gasteiger partial charge in [0.25, 0.3) is 0 Å². The number of nitrogens with one attached hydrogen (secondary N) is 1. The van der Waals surface area contributed by atoms with Crippen molar-refractivity contribution in [1.29, 1.82) is 0 Å². The lowest BCUT2D eigenvalue weighted by Crippen LogP contribution is -2.05. The van der Waals surface area contributed by atoms with E-state index in [1.54, 1.807) is 31.4 Å². The van der Waals surface area contributed by atoms with E-state index in [9.17, 15) is 9.90 Å². The van der Waals surface area contributed by atoms with Gasteiger partial charge in [0, 0.05) is 17.1 Å². The number of hydrogen-bond donors (Lipinski definition) is 2. The van der Waals surface area contributed by atoms with E-state index in [-0.39, 0.29) is 5.56 Å². The summed E-state index contributed by atoms with van der Waals surface area (Å²) >= 11 is 0. The summed E-state index contributed by atoms with van der Waals surface area (Å²) in [5.74, 6) is -0.0446. The number of para-hydroxylation sites is 1. The molecule has 0 aliphatic rings. The van der Waals surface area contributed by atoms with Gasteiger partial charge in [-0.1, -0.05) is 18.2 Å². The first-order valence-corrected chi connectivity index (χ1v) is 6.71. The summed E-state index contributed by atoms with van der Waals surface area (Å²) in [5, 5.41) is 13.2. The smallest absolute Gasteiger partial charge is 0.339 e. The molecule has 0 aliphatic heterocycles. The first kappa shape index (κ1) is 13.9. The fourth-order valence-electron chi connectivity index (χ4n) is 2.19. The van der Waals surface area contributed by atoms with Gasteiger partial charge in [-0.05, 0) is 30.3 Å². The van der Waals surface area contributed by atoms with E-state index in [0.29, 0.717) is 17.1 Å². The quantitative estimate of drug-likeness (QED) is 0.768. The molecule has 2 N–H and O–H groups in total. The second-order valence-electron chi connectivity index (χ2n) is 4.74. The summed E-state index contributed by atoms with van der Waals surface area (Å²) in [6.07, 6.45) is 0. The maximum atomic E-state index is 11.5. The third-order valence-corrected chi connectivity index (χ3v) is 3.29. The number of nitrogens with zero attached hydrogens (tertiary/aromatic N) is 1. The number of benzene rings is 2. The number of aromatic carboxylic acids is 1. The first-order chi connectivity index (χ1) is 10.7. The molecule has 5 nitrogen and oxygen atoms in total. The van der Waals surface area contributed by atoms with Crippen LogP contribution in [0.4, 0.5) is 11.5 Å². The molecule has 5 heteroatoms. The van der Waals surface area contributed by atoms with Crippen LogP contribution in [-0.4, -0.2) is 23.2 Å². The summed E-state index contributed by atoms with van der Waals surface area (Å²) in [5.41, 5.74) is 1.57. The zero-order chi connectivity index (χ0) is 15.5. The Morgan fingerprint density at radius 2 is 1.91 bits per heavy atom. The van der Waals surface area contributed by atoms with Crippen molar-refractivity contribution in [3.63, 3.8) is 0 Å². The van der Waals surface area contributed by atoms with Crippen molar-refractivity contribution < 1.29 is 14.6 Å². The van der Waals surface area contributed by atoms with Gasteiger partial charge < -0.3 is 15.2 Å². The topological polar surface area (TPSA) is 71.5 Å². The van der Waals surface area contributed by atoms with Crippen molar-refractivity contribution in [2.24, 2.45) is 0 Å². The van der Waals surface area contributed by atoms with Crippen LogP contribution in [0.25, 0.3) is 10.9 Å². The molecule has 1 heterocycles. The molecule has 0 radical (unpaired) electrons. The van der Waals surface area contributed by atoms with Crippen molar-refractivity contribution >= 4 is 28.4 Å². The molecule has 110 valence electrons. The van der Waals surface area contributed by atoms with Gasteiger partial charge in [0.2, 0.25) is 0 Å². The number of carboxylic acids is 1. The number of anilines is 2. The second-order valence-corrected chi connectivity index (χ2v) is 4.74. The molecule has 0 aliphatic carbocycles. The second kappa shape index (κ2) is 5.73. The molecule has 0 bridgehead atoms. The molecule has 0 amide bonds. The molecular formula is C17H14N2O3. The number of ether oxygens (including phenoxy) is 1. The van der Waals surface area contributed by atoms with E-state index in [1.807, 2.05) is 30.3 Å². The molecule has 0 unspecified atom stereocenters. The summed E-state index contributed by atoms with van der Waals surface area (Å²) < 4.78 is 5.18. The van der Waals surface area contributed by atoms with E-state index in [4.69, 9.17) is 4.74 Å². The maximum absolute atomic E-state index is 11.5. The van der Waals surface area contributed by atoms with E-state index in [1.165, 1.54) is 0 Å². The Balaban J connectivity index is 2.13. The molecule has 0 atom stereocenters. The number of rotatable bonds is 4. The molecule has 0 fully saturated rings. The van der Waals surface area contributed by atoms with Crippen LogP contribution < -0.4 is 10.1 Å². The third kappa shape index (κ3) is 2.69. The highest BCUT2D eigenvalue weighted by Gasteiger charge is 2.14. The van der Waals surface area contributed by atoms with E-state index < -0.39 is 5.97 Å². The largest absolute Gasteiger partial charge is 0.497 e. The average molecular weight is 294 g/mol. The predicted octanol–water partition coefficient (Wildman–Crippen LogP) is 3.69. The molecule has 3 rings (SSSR count). The normalized spacial score (nSPS) is 10.4. The van der Waals surface area contributed by atoms with Crippen LogP contribution in [0.15, 0.2) is 54.6 Å². The zero-order valence-corrected chi connectivity index (χ0v) is 11.9. The van der Waals surface area contributed by atoms with Crippen LogP contribution in [0.5, 0.6) is 5.75 Å². The van der Waals surface area contributed by atoms with Crippen LogP contribution in [0, 0.1) is 0 Å². The van der Waals surface area contributed by atoms with E-state index in [2.05, 4.69) is 10.3 Å². The Morgan fingerprint density at radius 1 is 1.14 bits per heavy atom. The Labute approximate surface area is 127 Å². The lowest BCUT2D eigenvalue weighted by Gasteiger charge is -2.11. The van der Waals surface area contributed by atoms with Gasteiger partial charge in [0.15, 0.2) is 0 Å². The first-order valence-electron chi connectivity index (χ1n) is 6.71. The monoisotopic (exact) mass is 294 g/mol. The van der Waals surface area contributed by atoms with Gasteiger partial charge in [0.1, 0.15) is 17.1 Å². The van der Waals surface area contributed by atoms with Crippen molar-refractivity contribution in [2.75, 3.05) is 12.4 Å². The van der Waals surface area contributed by atoms with Crippen LogP contribution in [0.3, 0.4) is 0 Å². The Morgan fingerprint density at radius 3 is 2.59 bits per heavy atom. The van der Waals surface area contributed by atoms with Crippen LogP contribution in [0.2, 0.25) is 0 Å². The van der Waals surface area contributed by atoms with Gasteiger partial charge in [0.05, 0.1) is 12.6 Å². The summed E-state index contributed by atoms with van der Waals surface area (Å²) in [6, 6.07) is 16.3. The summed E-state index contributed by atoms with van der Waals surface area (Å²) in [6.45, 7) is 0. The maximum Gasteiger partial charge on any atom is 0.339 e. The van der Waals surface area contributed by atoms with Gasteiger partial charge in [-0.2, -0.15) is 0 Å². The van der Waals surface area contributed by atoms with Crippen molar-refractivity contribution in [3.8, 4) is 5.75 Å². The zero-order valence-electron chi connectivity index (χ0n) is 11.9. The highest BCUT2D eigenvalue weighted by molar-refractivity contribution is 5.99. The summed E-state index contributed by atoms with van der Waals surface area (Å²) in [4.78, 5) is 15.9. The van der Waals surface area contributed by atoms with Crippen LogP contribution in [0.1, 0.15) is 10.4 Å². The molecule has 0 saturated carbocycles. The Kier molecular flexibility index (Phi) is 3.62. The van der Waals surface area contributed by atoms with Gasteiger partial charge in [-0.3, -0.25) is 0 Å². The number of aromatic nitrogens is 1. The van der Waals surface area contributed by atoms with Gasteiger partial charge in [-0.25, -0.2) is 9.78 Å². The van der Waals surface area contributed by atoms with Crippen molar-refractivity contribution in [2.45, 2.75) is 0 Å². The predicted molar refractivity (Wildman–Crippen MR) is 85.0 cm³/mol. The molecular weight excluding hydrogens is 280 g/mol. The minimum Gasteiger partial charge on any atom is -0.497 e. The van der Waals surface area contributed by atoms with Gasteiger partial charge >= 0.3 is 5.97 Å². The molecule has 3 aromatic rings. The van der Waals surface area contributed by atoms with E-state index >= 15 is 0 Å². The van der Waals surface area contributed by atoms with Crippen LogP contribution >= 0.6 is 0 Å². The number of fused-ring (bicyclic) bond motifs is 1.